The van der Waals surface area contributed by atoms with Crippen LogP contribution in [0.3, 0.4) is 0 Å². The van der Waals surface area contributed by atoms with Crippen molar-refractivity contribution in [2.75, 3.05) is 51.8 Å². The van der Waals surface area contributed by atoms with Crippen molar-refractivity contribution in [1.29, 1.82) is 0 Å². The summed E-state index contributed by atoms with van der Waals surface area (Å²) < 4.78 is 24.4. The molecule has 2 aliphatic heterocycles. The summed E-state index contributed by atoms with van der Waals surface area (Å²) in [6.45, 7) is 0.622. The lowest BCUT2D eigenvalue weighted by atomic mass is 9.70. The second-order valence-corrected chi connectivity index (χ2v) is 19.4. The molecule has 6 atom stereocenters. The summed E-state index contributed by atoms with van der Waals surface area (Å²) in [6, 6.07) is 9.82. The van der Waals surface area contributed by atoms with E-state index in [1.165, 1.54) is 7.11 Å². The van der Waals surface area contributed by atoms with E-state index >= 15 is 0 Å². The summed E-state index contributed by atoms with van der Waals surface area (Å²) in [4.78, 5) is 19.4. The van der Waals surface area contributed by atoms with Crippen LogP contribution in [-0.2, 0) is 21.4 Å². The Kier molecular flexibility index (Phi) is 13.8. The number of ether oxygens (including phenoxy) is 4. The van der Waals surface area contributed by atoms with Crippen molar-refractivity contribution in [1.82, 2.24) is 10.6 Å². The Morgan fingerprint density at radius 2 is 1.97 bits per heavy atom. The number of phenolic OH excluding ortho intramolecular Hbond substituents is 1. The predicted molar refractivity (Wildman–Crippen MR) is 233 cm³/mol. The first kappa shape index (κ1) is 42.6. The Bertz CT molecular complexity index is 1910. The molecular weight excluding hydrogens is 773 g/mol. The van der Waals surface area contributed by atoms with Crippen LogP contribution in [0.1, 0.15) is 88.2 Å². The van der Waals surface area contributed by atoms with E-state index in [9.17, 15) is 15.0 Å². The number of aliphatic imine (C=N–C) groups is 1. The number of carbonyl (C=O) groups excluding carboxylic acids is 1. The van der Waals surface area contributed by atoms with Gasteiger partial charge in [-0.3, -0.25) is 9.79 Å². The highest BCUT2D eigenvalue weighted by molar-refractivity contribution is 8.76. The number of aliphatic hydroxyl groups excluding tert-OH is 1. The second kappa shape index (κ2) is 18.8. The van der Waals surface area contributed by atoms with Crippen LogP contribution in [0.4, 0.5) is 5.69 Å². The van der Waals surface area contributed by atoms with Gasteiger partial charge in [-0.1, -0.05) is 58.9 Å². The molecule has 13 heteroatoms. The number of ketones is 1. The Labute approximate surface area is 351 Å². The molecule has 314 valence electrons. The van der Waals surface area contributed by atoms with Gasteiger partial charge in [0.15, 0.2) is 35.3 Å². The number of fused-ring (bicyclic) bond motifs is 8. The lowest BCUT2D eigenvalue weighted by molar-refractivity contribution is -0.125. The van der Waals surface area contributed by atoms with E-state index in [1.54, 1.807) is 41.8 Å². The molecule has 0 unspecified atom stereocenters. The van der Waals surface area contributed by atoms with Gasteiger partial charge >= 0.3 is 0 Å². The quantitative estimate of drug-likeness (QED) is 0.102. The highest BCUT2D eigenvalue weighted by Crippen LogP contribution is 2.53. The molecule has 11 nitrogen and oxygen atoms in total. The standard InChI is InChI=1S/C45H60N4O7S2/c1-46-28-44-25-31(32(26-44)21-40(52)54-4)10-9-19-55-41-35-22-34(23-38(41)56-44)43(15-5-6-16-43)17-8-12-39(51)45(24-30-13-14-36(50)37(20-30)53-3)18-7-11-33(45)27-57-58-29-48-42(47-2)49-35/h8,12-14,20,22-23,31-33,40,46,50,52H,5-7,10-11,15-18,21,24-29H2,1-4H3,(H2,47,48,49)/b12-8+/t31-,32-,33+,40+,44+,45+/m0/s1. The minimum absolute atomic E-state index is 0.0980. The Hall–Kier alpha value is -3.54. The van der Waals surface area contributed by atoms with Gasteiger partial charge in [-0.25, -0.2) is 0 Å². The second-order valence-electron chi connectivity index (χ2n) is 16.9. The van der Waals surface area contributed by atoms with Gasteiger partial charge in [0.25, 0.3) is 0 Å². The average molecular weight is 833 g/mol. The number of rotatable bonds is 8. The summed E-state index contributed by atoms with van der Waals surface area (Å²) in [7, 11) is 10.3. The van der Waals surface area contributed by atoms with Crippen molar-refractivity contribution in [3.05, 3.63) is 53.6 Å². The van der Waals surface area contributed by atoms with Crippen LogP contribution in [0.15, 0.2) is 47.5 Å². The maximum Gasteiger partial charge on any atom is 0.205 e. The van der Waals surface area contributed by atoms with Gasteiger partial charge in [0.05, 0.1) is 18.7 Å². The molecule has 5 N–H and O–H groups in total. The number of carbonyl (C=O) groups is 1. The van der Waals surface area contributed by atoms with E-state index < -0.39 is 17.3 Å². The molecule has 2 aromatic rings. The number of guanidine groups is 1. The molecule has 7 rings (SSSR count). The zero-order valence-corrected chi connectivity index (χ0v) is 36.0. The van der Waals surface area contributed by atoms with E-state index in [2.05, 4.69) is 51.2 Å². The fourth-order valence-corrected chi connectivity index (χ4v) is 12.8. The summed E-state index contributed by atoms with van der Waals surface area (Å²) in [6.07, 6.45) is 17.1. The molecule has 2 aromatic carbocycles. The molecule has 5 aliphatic rings. The highest BCUT2D eigenvalue weighted by atomic mass is 33.1. The molecule has 3 saturated carbocycles. The number of methoxy groups -OCH3 is 2. The number of likely N-dealkylation sites (N-methyl/N-ethyl adjacent to an activating group) is 1. The van der Waals surface area contributed by atoms with Crippen LogP contribution in [0, 0.1) is 35.2 Å². The molecule has 2 heterocycles. The molecule has 1 spiro atoms. The Balaban J connectivity index is 1.29. The van der Waals surface area contributed by atoms with E-state index in [4.69, 9.17) is 18.9 Å². The molecular formula is C45H60N4O7S2. The van der Waals surface area contributed by atoms with Crippen molar-refractivity contribution in [3.63, 3.8) is 0 Å². The highest BCUT2D eigenvalue weighted by Gasteiger charge is 2.49. The lowest BCUT2D eigenvalue weighted by Crippen LogP contribution is -2.43. The molecule has 58 heavy (non-hydrogen) atoms. The van der Waals surface area contributed by atoms with E-state index in [-0.39, 0.29) is 34.7 Å². The van der Waals surface area contributed by atoms with Gasteiger partial charge in [-0.15, -0.1) is 0 Å². The number of aliphatic hydroxyl groups is 1. The summed E-state index contributed by atoms with van der Waals surface area (Å²) in [5.74, 6) is 7.77. The summed E-state index contributed by atoms with van der Waals surface area (Å²) in [5.41, 5.74) is 1.51. The first-order valence-corrected chi connectivity index (χ1v) is 23.3. The van der Waals surface area contributed by atoms with Crippen molar-refractivity contribution in [3.8, 4) is 35.0 Å². The molecule has 0 aromatic heterocycles. The van der Waals surface area contributed by atoms with Crippen LogP contribution < -0.4 is 30.2 Å². The molecule has 0 radical (unpaired) electrons. The zero-order valence-electron chi connectivity index (χ0n) is 34.4. The lowest BCUT2D eigenvalue weighted by Gasteiger charge is -2.35. The van der Waals surface area contributed by atoms with Crippen molar-refractivity contribution < 1.29 is 34.0 Å². The molecule has 4 bridgehead atoms. The smallest absolute Gasteiger partial charge is 0.205 e. The minimum Gasteiger partial charge on any atom is -0.504 e. The van der Waals surface area contributed by atoms with Crippen LogP contribution in [0.5, 0.6) is 23.0 Å². The van der Waals surface area contributed by atoms with Gasteiger partial charge in [0.2, 0.25) is 5.75 Å². The minimum atomic E-state index is -0.852. The maximum atomic E-state index is 14.8. The van der Waals surface area contributed by atoms with Gasteiger partial charge in [-0.2, -0.15) is 0 Å². The van der Waals surface area contributed by atoms with Crippen molar-refractivity contribution in [2.24, 2.45) is 28.2 Å². The van der Waals surface area contributed by atoms with Crippen molar-refractivity contribution in [2.45, 2.75) is 101 Å². The van der Waals surface area contributed by atoms with E-state index in [1.807, 2.05) is 25.3 Å². The number of aromatic hydroxyl groups is 1. The van der Waals surface area contributed by atoms with Crippen LogP contribution in [-0.4, -0.2) is 80.3 Å². The Morgan fingerprint density at radius 1 is 1.12 bits per heavy atom. The third-order valence-corrected chi connectivity index (χ3v) is 15.7. The van der Waals surface area contributed by atoms with E-state index in [0.717, 1.165) is 80.4 Å². The molecule has 0 saturated heterocycles. The first-order chi connectivity index (χ1) is 28.1. The number of anilines is 1. The van der Waals surface area contributed by atoms with Crippen molar-refractivity contribution >= 4 is 39.0 Å². The number of phenols is 1. The number of nitrogens with one attached hydrogen (secondary N) is 3. The average Bonchev–Trinajstić information content (AvgIpc) is 3.95. The first-order valence-electron chi connectivity index (χ1n) is 20.8. The number of nitrogens with zero attached hydrogens (tertiary/aromatic N) is 1. The SMILES string of the molecule is CN=C1NCSSC[C@H]2CCC[C@]2(Cc2ccc(O)c(OC)c2)C(=O)/C=C/CC2(CCCC2)c2cc(c3c(c2)O[C@]2(CNC)C[C@H](CC#CO3)[C@@H](C[C@H](O)OC)C2)N1. The number of benzene rings is 2. The summed E-state index contributed by atoms with van der Waals surface area (Å²) in [5, 5.41) is 31.4. The third kappa shape index (κ3) is 9.11. The number of hydrogen-bond donors (Lipinski definition) is 5. The van der Waals surface area contributed by atoms with Crippen LogP contribution in [0.2, 0.25) is 0 Å². The number of hydrogen-bond acceptors (Lipinski definition) is 11. The molecule has 3 aliphatic carbocycles. The largest absolute Gasteiger partial charge is 0.504 e. The van der Waals surface area contributed by atoms with Crippen LogP contribution >= 0.6 is 21.6 Å². The molecule has 3 fully saturated rings. The number of allylic oxidation sites excluding steroid dienone is 2. The predicted octanol–water partition coefficient (Wildman–Crippen LogP) is 7.56. The zero-order chi connectivity index (χ0) is 40.8. The molecule has 0 amide bonds. The third-order valence-electron chi connectivity index (χ3n) is 13.5. The monoisotopic (exact) mass is 832 g/mol. The van der Waals surface area contributed by atoms with E-state index in [0.29, 0.717) is 61.3 Å². The van der Waals surface area contributed by atoms with Gasteiger partial charge in [-0.05, 0) is 123 Å². The maximum absolute atomic E-state index is 14.8. The fourth-order valence-electron chi connectivity index (χ4n) is 10.5. The van der Waals surface area contributed by atoms with Gasteiger partial charge < -0.3 is 45.1 Å². The van der Waals surface area contributed by atoms with Gasteiger partial charge in [0, 0.05) is 44.7 Å². The normalized spacial score (nSPS) is 30.0. The summed E-state index contributed by atoms with van der Waals surface area (Å²) >= 11 is 0. The Morgan fingerprint density at radius 3 is 2.74 bits per heavy atom. The van der Waals surface area contributed by atoms with Crippen LogP contribution in [0.25, 0.3) is 0 Å². The topological polar surface area (TPSA) is 143 Å². The van der Waals surface area contributed by atoms with Gasteiger partial charge in [0.1, 0.15) is 11.7 Å². The fraction of sp³-hybridized carbons (Fsp3) is 0.600.